The number of rotatable bonds is 4. The Morgan fingerprint density at radius 1 is 1.20 bits per heavy atom. The third kappa shape index (κ3) is 3.85. The summed E-state index contributed by atoms with van der Waals surface area (Å²) in [4.78, 5) is 9.28. The van der Waals surface area contributed by atoms with Gasteiger partial charge in [0, 0.05) is 57.8 Å². The Kier molecular flexibility index (Phi) is 4.70. The van der Waals surface area contributed by atoms with Crippen molar-refractivity contribution in [3.63, 3.8) is 0 Å². The Balaban J connectivity index is 1.27. The van der Waals surface area contributed by atoms with E-state index in [1.165, 1.54) is 12.0 Å². The van der Waals surface area contributed by atoms with Gasteiger partial charge in [-0.25, -0.2) is 0 Å². The molecule has 0 amide bonds. The zero-order chi connectivity index (χ0) is 17.1. The molecule has 6 heteroatoms. The van der Waals surface area contributed by atoms with Crippen molar-refractivity contribution in [3.8, 4) is 0 Å². The van der Waals surface area contributed by atoms with Crippen LogP contribution < -0.4 is 5.32 Å². The second-order valence-corrected chi connectivity index (χ2v) is 6.80. The van der Waals surface area contributed by atoms with Gasteiger partial charge in [-0.3, -0.25) is 9.89 Å². The van der Waals surface area contributed by atoms with Crippen molar-refractivity contribution in [2.45, 2.75) is 24.9 Å². The van der Waals surface area contributed by atoms with Crippen LogP contribution in [0.2, 0.25) is 0 Å². The molecule has 0 radical (unpaired) electrons. The largest absolute Gasteiger partial charge is 0.364 e. The molecular weight excluding hydrogens is 314 g/mol. The summed E-state index contributed by atoms with van der Waals surface area (Å²) in [7, 11) is 1.88. The highest BCUT2D eigenvalue weighted by molar-refractivity contribution is 5.80. The predicted molar refractivity (Wildman–Crippen MR) is 97.4 cm³/mol. The van der Waals surface area contributed by atoms with Crippen LogP contribution >= 0.6 is 0 Å². The first-order valence-corrected chi connectivity index (χ1v) is 8.98. The molecule has 2 aromatic rings. The zero-order valence-electron chi connectivity index (χ0n) is 14.6. The third-order valence-corrected chi connectivity index (χ3v) is 5.09. The summed E-state index contributed by atoms with van der Waals surface area (Å²) in [5, 5.41) is 7.65. The SMILES string of the molecule is CN=C(NC1CC1c1ccccc1)N1CCN(Cc2ccon2)CC1. The van der Waals surface area contributed by atoms with Gasteiger partial charge in [-0.2, -0.15) is 0 Å². The zero-order valence-corrected chi connectivity index (χ0v) is 14.6. The van der Waals surface area contributed by atoms with Gasteiger partial charge in [0.15, 0.2) is 5.96 Å². The summed E-state index contributed by atoms with van der Waals surface area (Å²) in [6.45, 7) is 4.86. The van der Waals surface area contributed by atoms with E-state index in [9.17, 15) is 0 Å². The van der Waals surface area contributed by atoms with Gasteiger partial charge >= 0.3 is 0 Å². The molecule has 132 valence electrons. The molecule has 1 aromatic carbocycles. The van der Waals surface area contributed by atoms with Gasteiger partial charge < -0.3 is 14.7 Å². The Hall–Kier alpha value is -2.34. The number of nitrogens with one attached hydrogen (secondary N) is 1. The highest BCUT2D eigenvalue weighted by Gasteiger charge is 2.39. The highest BCUT2D eigenvalue weighted by atomic mass is 16.5. The van der Waals surface area contributed by atoms with Crippen LogP contribution in [-0.4, -0.2) is 60.2 Å². The second kappa shape index (κ2) is 7.27. The van der Waals surface area contributed by atoms with Gasteiger partial charge in [-0.1, -0.05) is 35.5 Å². The number of nitrogens with zero attached hydrogens (tertiary/aromatic N) is 4. The minimum Gasteiger partial charge on any atom is -0.364 e. The molecule has 2 fully saturated rings. The van der Waals surface area contributed by atoms with Crippen molar-refractivity contribution in [3.05, 3.63) is 53.9 Å². The van der Waals surface area contributed by atoms with Crippen LogP contribution in [0.3, 0.4) is 0 Å². The molecule has 1 aliphatic carbocycles. The predicted octanol–water partition coefficient (Wildman–Crippen LogP) is 1.92. The van der Waals surface area contributed by atoms with Crippen molar-refractivity contribution in [2.24, 2.45) is 4.99 Å². The van der Waals surface area contributed by atoms with Crippen LogP contribution in [0.25, 0.3) is 0 Å². The van der Waals surface area contributed by atoms with Crippen molar-refractivity contribution in [2.75, 3.05) is 33.2 Å². The molecule has 1 saturated carbocycles. The fourth-order valence-corrected chi connectivity index (χ4v) is 3.55. The maximum absolute atomic E-state index is 4.91. The van der Waals surface area contributed by atoms with Crippen LogP contribution in [0.1, 0.15) is 23.6 Å². The van der Waals surface area contributed by atoms with Gasteiger partial charge in [0.1, 0.15) is 6.26 Å². The Labute approximate surface area is 148 Å². The molecule has 1 N–H and O–H groups in total. The number of aliphatic imine (C=N–C) groups is 1. The minimum atomic E-state index is 0.509. The summed E-state index contributed by atoms with van der Waals surface area (Å²) >= 11 is 0. The van der Waals surface area contributed by atoms with Crippen molar-refractivity contribution >= 4 is 5.96 Å². The van der Waals surface area contributed by atoms with Crippen molar-refractivity contribution in [1.29, 1.82) is 0 Å². The van der Waals surface area contributed by atoms with Crippen LogP contribution in [0.15, 0.2) is 52.2 Å². The fourth-order valence-electron chi connectivity index (χ4n) is 3.55. The van der Waals surface area contributed by atoms with Gasteiger partial charge in [0.2, 0.25) is 0 Å². The number of aromatic nitrogens is 1. The molecule has 1 aromatic heterocycles. The molecular formula is C19H25N5O. The molecule has 0 bridgehead atoms. The van der Waals surface area contributed by atoms with E-state index in [4.69, 9.17) is 4.52 Å². The lowest BCUT2D eigenvalue weighted by Gasteiger charge is -2.36. The van der Waals surface area contributed by atoms with E-state index in [1.807, 2.05) is 13.1 Å². The number of guanidine groups is 1. The Morgan fingerprint density at radius 3 is 2.68 bits per heavy atom. The van der Waals surface area contributed by atoms with Crippen LogP contribution in [-0.2, 0) is 6.54 Å². The first-order valence-electron chi connectivity index (χ1n) is 8.98. The molecule has 1 aliphatic heterocycles. The lowest BCUT2D eigenvalue weighted by Crippen LogP contribution is -2.52. The standard InChI is InChI=1S/C19H25N5O/c1-20-19(21-18-13-17(18)15-5-3-2-4-6-15)24-10-8-23(9-11-24)14-16-7-12-25-22-16/h2-7,12,17-18H,8-11,13-14H2,1H3,(H,20,21). The summed E-state index contributed by atoms with van der Waals surface area (Å²) < 4.78 is 4.91. The van der Waals surface area contributed by atoms with E-state index < -0.39 is 0 Å². The first-order chi connectivity index (χ1) is 12.3. The number of hydrogen-bond acceptors (Lipinski definition) is 4. The summed E-state index contributed by atoms with van der Waals surface area (Å²) in [6, 6.07) is 13.2. The van der Waals surface area contributed by atoms with Gasteiger partial charge in [-0.05, 0) is 12.0 Å². The number of piperazine rings is 1. The van der Waals surface area contributed by atoms with E-state index in [0.717, 1.165) is 44.4 Å². The van der Waals surface area contributed by atoms with E-state index in [2.05, 4.69) is 55.6 Å². The molecule has 2 atom stereocenters. The highest BCUT2D eigenvalue weighted by Crippen LogP contribution is 2.40. The normalized spacial score (nSPS) is 24.4. The molecule has 25 heavy (non-hydrogen) atoms. The van der Waals surface area contributed by atoms with Crippen molar-refractivity contribution in [1.82, 2.24) is 20.3 Å². The summed E-state index contributed by atoms with van der Waals surface area (Å²) in [5.74, 6) is 1.65. The quantitative estimate of drug-likeness (QED) is 0.681. The van der Waals surface area contributed by atoms with Gasteiger partial charge in [-0.15, -0.1) is 0 Å². The number of benzene rings is 1. The van der Waals surface area contributed by atoms with Gasteiger partial charge in [0.25, 0.3) is 0 Å². The van der Waals surface area contributed by atoms with E-state index in [1.54, 1.807) is 6.26 Å². The van der Waals surface area contributed by atoms with E-state index in [-0.39, 0.29) is 0 Å². The monoisotopic (exact) mass is 339 g/mol. The van der Waals surface area contributed by atoms with E-state index in [0.29, 0.717) is 12.0 Å². The molecule has 0 spiro atoms. The average Bonchev–Trinajstić information content (AvgIpc) is 3.25. The van der Waals surface area contributed by atoms with Crippen LogP contribution in [0.4, 0.5) is 0 Å². The topological polar surface area (TPSA) is 56.9 Å². The number of hydrogen-bond donors (Lipinski definition) is 1. The minimum absolute atomic E-state index is 0.509. The third-order valence-electron chi connectivity index (χ3n) is 5.09. The molecule has 6 nitrogen and oxygen atoms in total. The fraction of sp³-hybridized carbons (Fsp3) is 0.474. The maximum Gasteiger partial charge on any atom is 0.193 e. The molecule has 2 aliphatic rings. The lowest BCUT2D eigenvalue weighted by molar-refractivity contribution is 0.169. The first kappa shape index (κ1) is 16.1. The summed E-state index contributed by atoms with van der Waals surface area (Å²) in [6.07, 6.45) is 2.82. The van der Waals surface area contributed by atoms with Crippen LogP contribution in [0.5, 0.6) is 0 Å². The molecule has 2 unspecified atom stereocenters. The average molecular weight is 339 g/mol. The van der Waals surface area contributed by atoms with E-state index >= 15 is 0 Å². The molecule has 4 rings (SSSR count). The maximum atomic E-state index is 4.91. The van der Waals surface area contributed by atoms with Crippen LogP contribution in [0, 0.1) is 0 Å². The van der Waals surface area contributed by atoms with Crippen molar-refractivity contribution < 1.29 is 4.52 Å². The van der Waals surface area contributed by atoms with Gasteiger partial charge in [0.05, 0.1) is 5.69 Å². The summed E-state index contributed by atoms with van der Waals surface area (Å²) in [5.41, 5.74) is 2.42. The lowest BCUT2D eigenvalue weighted by atomic mass is 10.1. The Morgan fingerprint density at radius 2 is 2.00 bits per heavy atom. The second-order valence-electron chi connectivity index (χ2n) is 6.80. The smallest absolute Gasteiger partial charge is 0.193 e. The molecule has 1 saturated heterocycles. The Bertz CT molecular complexity index is 692. The molecule has 2 heterocycles.